The average Bonchev–Trinajstić information content (AvgIpc) is 3.21. The maximum Gasteiger partial charge on any atom is 0.317 e. The monoisotopic (exact) mass is 364 g/mol. The molecule has 0 bridgehead atoms. The van der Waals surface area contributed by atoms with Gasteiger partial charge in [-0.25, -0.2) is 23.3 Å². The second-order valence-electron chi connectivity index (χ2n) is 6.06. The fourth-order valence-corrected chi connectivity index (χ4v) is 3.77. The Bertz CT molecular complexity index is 836. The fraction of sp³-hybridized carbons (Fsp3) is 0.400. The number of primary sulfonamides is 1. The molecule has 2 aromatic rings. The number of likely N-dealkylation sites (tertiary alicyclic amines) is 1. The van der Waals surface area contributed by atoms with Crippen LogP contribution in [0.4, 0.5) is 4.79 Å². The maximum atomic E-state index is 12.2. The summed E-state index contributed by atoms with van der Waals surface area (Å²) >= 11 is 0. The number of nitrogens with zero attached hydrogens (tertiary/aromatic N) is 3. The van der Waals surface area contributed by atoms with E-state index in [1.807, 2.05) is 30.3 Å². The van der Waals surface area contributed by atoms with Gasteiger partial charge in [0.1, 0.15) is 5.82 Å². The quantitative estimate of drug-likeness (QED) is 0.701. The van der Waals surface area contributed by atoms with Crippen molar-refractivity contribution in [2.24, 2.45) is 11.1 Å². The van der Waals surface area contributed by atoms with Crippen LogP contribution in [-0.4, -0.2) is 53.4 Å². The summed E-state index contributed by atoms with van der Waals surface area (Å²) in [6, 6.07) is 9.27. The van der Waals surface area contributed by atoms with Crippen molar-refractivity contribution in [1.82, 2.24) is 25.4 Å². The second-order valence-corrected chi connectivity index (χ2v) is 7.72. The Labute approximate surface area is 145 Å². The zero-order valence-electron chi connectivity index (χ0n) is 13.6. The number of aromatic nitrogens is 3. The van der Waals surface area contributed by atoms with Crippen LogP contribution in [0.1, 0.15) is 12.2 Å². The molecule has 9 nitrogen and oxygen atoms in total. The Balaban J connectivity index is 1.51. The minimum Gasteiger partial charge on any atom is -0.331 e. The average molecular weight is 364 g/mol. The molecule has 2 amide bonds. The number of benzene rings is 1. The highest BCUT2D eigenvalue weighted by atomic mass is 32.2. The number of nitrogens with one attached hydrogen (secondary N) is 2. The van der Waals surface area contributed by atoms with E-state index in [1.165, 1.54) is 0 Å². The van der Waals surface area contributed by atoms with Crippen molar-refractivity contribution in [1.29, 1.82) is 0 Å². The topological polar surface area (TPSA) is 134 Å². The number of aromatic amines is 1. The molecule has 0 unspecified atom stereocenters. The molecule has 10 heteroatoms. The van der Waals surface area contributed by atoms with Crippen molar-refractivity contribution in [2.75, 3.05) is 18.8 Å². The van der Waals surface area contributed by atoms with Crippen LogP contribution in [0, 0.1) is 5.92 Å². The molecule has 1 aromatic heterocycles. The van der Waals surface area contributed by atoms with Gasteiger partial charge in [-0.05, 0) is 12.3 Å². The molecule has 4 N–H and O–H groups in total. The SMILES string of the molecule is NS(=O)(=O)C[C@@H]1CCN(C(=O)NCc2nc(-c3ccccc3)n[nH]2)C1. The summed E-state index contributed by atoms with van der Waals surface area (Å²) < 4.78 is 22.3. The van der Waals surface area contributed by atoms with Crippen molar-refractivity contribution < 1.29 is 13.2 Å². The van der Waals surface area contributed by atoms with Gasteiger partial charge in [0.2, 0.25) is 10.0 Å². The molecule has 134 valence electrons. The number of sulfonamides is 1. The van der Waals surface area contributed by atoms with Gasteiger partial charge < -0.3 is 10.2 Å². The van der Waals surface area contributed by atoms with Gasteiger partial charge >= 0.3 is 6.03 Å². The number of urea groups is 1. The van der Waals surface area contributed by atoms with E-state index in [2.05, 4.69) is 20.5 Å². The third-order valence-corrected chi connectivity index (χ3v) is 4.95. The highest BCUT2D eigenvalue weighted by Gasteiger charge is 2.28. The number of rotatable bonds is 5. The Morgan fingerprint density at radius 2 is 2.12 bits per heavy atom. The van der Waals surface area contributed by atoms with Crippen LogP contribution in [0.25, 0.3) is 11.4 Å². The van der Waals surface area contributed by atoms with E-state index in [0.29, 0.717) is 31.2 Å². The first kappa shape index (κ1) is 17.4. The minimum absolute atomic E-state index is 0.0979. The maximum absolute atomic E-state index is 12.2. The summed E-state index contributed by atoms with van der Waals surface area (Å²) in [6.07, 6.45) is 0.629. The van der Waals surface area contributed by atoms with Gasteiger partial charge in [0, 0.05) is 18.7 Å². The molecule has 1 fully saturated rings. The summed E-state index contributed by atoms with van der Waals surface area (Å²) in [5.74, 6) is 0.904. The van der Waals surface area contributed by atoms with Gasteiger partial charge in [-0.3, -0.25) is 5.10 Å². The first-order valence-corrected chi connectivity index (χ1v) is 9.62. The Morgan fingerprint density at radius 3 is 2.84 bits per heavy atom. The van der Waals surface area contributed by atoms with Crippen LogP contribution < -0.4 is 10.5 Å². The summed E-state index contributed by atoms with van der Waals surface area (Å²) in [5, 5.41) is 14.7. The van der Waals surface area contributed by atoms with Crippen molar-refractivity contribution >= 4 is 16.1 Å². The highest BCUT2D eigenvalue weighted by molar-refractivity contribution is 7.89. The summed E-state index contributed by atoms with van der Waals surface area (Å²) in [5.41, 5.74) is 0.890. The van der Waals surface area contributed by atoms with E-state index in [9.17, 15) is 13.2 Å². The molecular weight excluding hydrogens is 344 g/mol. The van der Waals surface area contributed by atoms with Crippen molar-refractivity contribution in [3.63, 3.8) is 0 Å². The lowest BCUT2D eigenvalue weighted by Crippen LogP contribution is -2.38. The number of nitrogens with two attached hydrogens (primary N) is 1. The molecule has 2 heterocycles. The Hall–Kier alpha value is -2.46. The van der Waals surface area contributed by atoms with Crippen LogP contribution >= 0.6 is 0 Å². The van der Waals surface area contributed by atoms with E-state index in [4.69, 9.17) is 5.14 Å². The molecule has 0 saturated carbocycles. The van der Waals surface area contributed by atoms with Crippen LogP contribution in [0.5, 0.6) is 0 Å². The third-order valence-electron chi connectivity index (χ3n) is 4.01. The smallest absolute Gasteiger partial charge is 0.317 e. The largest absolute Gasteiger partial charge is 0.331 e. The summed E-state index contributed by atoms with van der Waals surface area (Å²) in [4.78, 5) is 18.1. The minimum atomic E-state index is -3.52. The van der Waals surface area contributed by atoms with Gasteiger partial charge in [-0.1, -0.05) is 30.3 Å². The van der Waals surface area contributed by atoms with Crippen LogP contribution in [0.2, 0.25) is 0 Å². The summed E-state index contributed by atoms with van der Waals surface area (Å²) in [7, 11) is -3.52. The zero-order valence-corrected chi connectivity index (χ0v) is 14.4. The molecule has 1 aromatic carbocycles. The van der Waals surface area contributed by atoms with E-state index < -0.39 is 10.0 Å². The molecule has 3 rings (SSSR count). The van der Waals surface area contributed by atoms with Crippen molar-refractivity contribution in [2.45, 2.75) is 13.0 Å². The van der Waals surface area contributed by atoms with E-state index in [0.717, 1.165) is 5.56 Å². The number of H-pyrrole nitrogens is 1. The van der Waals surface area contributed by atoms with E-state index >= 15 is 0 Å². The lowest BCUT2D eigenvalue weighted by molar-refractivity contribution is 0.206. The van der Waals surface area contributed by atoms with E-state index in [1.54, 1.807) is 4.90 Å². The highest BCUT2D eigenvalue weighted by Crippen LogP contribution is 2.17. The van der Waals surface area contributed by atoms with Crippen molar-refractivity contribution in [3.8, 4) is 11.4 Å². The number of hydrogen-bond acceptors (Lipinski definition) is 5. The molecular formula is C15H20N6O3S. The summed E-state index contributed by atoms with van der Waals surface area (Å²) in [6.45, 7) is 1.11. The molecule has 1 atom stereocenters. The lowest BCUT2D eigenvalue weighted by Gasteiger charge is -2.16. The molecule has 0 aliphatic carbocycles. The van der Waals surface area contributed by atoms with Gasteiger partial charge in [-0.15, -0.1) is 0 Å². The van der Waals surface area contributed by atoms with Crippen LogP contribution in [-0.2, 0) is 16.6 Å². The Kier molecular flexibility index (Phi) is 5.00. The third kappa shape index (κ3) is 4.77. The van der Waals surface area contributed by atoms with Crippen molar-refractivity contribution in [3.05, 3.63) is 36.2 Å². The first-order valence-electron chi connectivity index (χ1n) is 7.90. The molecule has 0 spiro atoms. The Morgan fingerprint density at radius 1 is 1.36 bits per heavy atom. The first-order chi connectivity index (χ1) is 11.9. The molecule has 25 heavy (non-hydrogen) atoms. The molecule has 1 saturated heterocycles. The standard InChI is InChI=1S/C15H20N6O3S/c16-25(23,24)10-11-6-7-21(9-11)15(22)17-8-13-18-14(20-19-13)12-4-2-1-3-5-12/h1-5,11H,6-10H2,(H,17,22)(H2,16,23,24)(H,18,19,20)/t11-/m1/s1. The number of hydrogen-bond donors (Lipinski definition) is 3. The number of carbonyl (C=O) groups is 1. The lowest BCUT2D eigenvalue weighted by atomic mass is 10.2. The molecule has 1 aliphatic rings. The zero-order chi connectivity index (χ0) is 17.9. The fourth-order valence-electron chi connectivity index (χ4n) is 2.84. The molecule has 1 aliphatic heterocycles. The van der Waals surface area contributed by atoms with Crippen LogP contribution in [0.15, 0.2) is 30.3 Å². The normalized spacial score (nSPS) is 17.6. The van der Waals surface area contributed by atoms with Gasteiger partial charge in [-0.2, -0.15) is 5.10 Å². The van der Waals surface area contributed by atoms with Gasteiger partial charge in [0.05, 0.1) is 12.3 Å². The predicted molar refractivity (Wildman–Crippen MR) is 91.7 cm³/mol. The number of amides is 2. The van der Waals surface area contributed by atoms with Crippen LogP contribution in [0.3, 0.4) is 0 Å². The molecule has 0 radical (unpaired) electrons. The second kappa shape index (κ2) is 7.19. The van der Waals surface area contributed by atoms with Gasteiger partial charge in [0.15, 0.2) is 5.82 Å². The van der Waals surface area contributed by atoms with E-state index in [-0.39, 0.29) is 24.2 Å². The number of carbonyl (C=O) groups excluding carboxylic acids is 1. The predicted octanol–water partition coefficient (Wildman–Crippen LogP) is 0.292. The van der Waals surface area contributed by atoms with Gasteiger partial charge in [0.25, 0.3) is 0 Å².